The number of ether oxygens (including phenoxy) is 1. The van der Waals surface area contributed by atoms with E-state index in [1.165, 1.54) is 6.08 Å². The molecule has 7 heteroatoms. The number of carboxylic acids is 1. The lowest BCUT2D eigenvalue weighted by atomic mass is 10.2. The minimum Gasteiger partial charge on any atom is -0.480 e. The molecule has 1 heterocycles. The van der Waals surface area contributed by atoms with Gasteiger partial charge in [0, 0.05) is 6.54 Å². The largest absolute Gasteiger partial charge is 0.480 e. The number of amides is 2. The number of carbonyl (C=O) groups excluding carboxylic acids is 2. The lowest BCUT2D eigenvalue weighted by Gasteiger charge is -2.22. The van der Waals surface area contributed by atoms with Gasteiger partial charge in [-0.1, -0.05) is 12.2 Å². The Morgan fingerprint density at radius 1 is 1.45 bits per heavy atom. The van der Waals surface area contributed by atoms with Gasteiger partial charge in [-0.15, -0.1) is 0 Å². The number of allylic oxidation sites excluding steroid dienone is 2. The fourth-order valence-corrected chi connectivity index (χ4v) is 1.49. The van der Waals surface area contributed by atoms with Crippen molar-refractivity contribution in [2.75, 3.05) is 13.1 Å². The molecule has 20 heavy (non-hydrogen) atoms. The maximum atomic E-state index is 12.1. The van der Waals surface area contributed by atoms with Crippen LogP contribution in [0.4, 0.5) is 4.79 Å². The van der Waals surface area contributed by atoms with E-state index in [9.17, 15) is 14.4 Å². The molecule has 1 rings (SSSR count). The Balaban J connectivity index is 2.75. The zero-order valence-corrected chi connectivity index (χ0v) is 11.7. The van der Waals surface area contributed by atoms with Gasteiger partial charge in [-0.05, 0) is 26.8 Å². The molecule has 0 fully saturated rings. The van der Waals surface area contributed by atoms with Gasteiger partial charge >= 0.3 is 12.1 Å². The molecule has 0 aliphatic carbocycles. The van der Waals surface area contributed by atoms with Crippen LogP contribution in [-0.2, 0) is 14.3 Å². The Morgan fingerprint density at radius 2 is 2.10 bits per heavy atom. The normalized spacial score (nSPS) is 15.4. The summed E-state index contributed by atoms with van der Waals surface area (Å²) in [5.41, 5.74) is -0.705. The maximum absolute atomic E-state index is 12.1. The first-order valence-corrected chi connectivity index (χ1v) is 6.07. The van der Waals surface area contributed by atoms with E-state index in [4.69, 9.17) is 9.84 Å². The highest BCUT2D eigenvalue weighted by Gasteiger charge is 2.24. The van der Waals surface area contributed by atoms with Gasteiger partial charge in [0.15, 0.2) is 0 Å². The van der Waals surface area contributed by atoms with Crippen molar-refractivity contribution in [2.45, 2.75) is 26.4 Å². The number of hydrogen-bond donors (Lipinski definition) is 2. The first kappa shape index (κ1) is 15.7. The Hall–Kier alpha value is -2.31. The van der Waals surface area contributed by atoms with Crippen molar-refractivity contribution in [3.63, 3.8) is 0 Å². The number of alkyl carbamates (subject to hydrolysis) is 1. The molecule has 1 aliphatic rings. The number of nitrogens with zero attached hydrogens (tertiary/aromatic N) is 1. The van der Waals surface area contributed by atoms with Gasteiger partial charge < -0.3 is 14.7 Å². The molecule has 110 valence electrons. The lowest BCUT2D eigenvalue weighted by molar-refractivity contribution is -0.142. The number of carbonyl (C=O) groups is 3. The summed E-state index contributed by atoms with van der Waals surface area (Å²) in [6.07, 6.45) is 3.85. The van der Waals surface area contributed by atoms with E-state index < -0.39 is 30.1 Å². The minimum atomic E-state index is -1.12. The van der Waals surface area contributed by atoms with Crippen molar-refractivity contribution in [1.29, 1.82) is 0 Å². The summed E-state index contributed by atoms with van der Waals surface area (Å²) in [6.45, 7) is 4.84. The van der Waals surface area contributed by atoms with Crippen LogP contribution < -0.4 is 5.32 Å². The molecule has 2 amide bonds. The van der Waals surface area contributed by atoms with Gasteiger partial charge in [-0.3, -0.25) is 14.9 Å². The quantitative estimate of drug-likeness (QED) is 0.801. The van der Waals surface area contributed by atoms with Crippen LogP contribution in [0.2, 0.25) is 0 Å². The molecule has 0 atom stereocenters. The maximum Gasteiger partial charge on any atom is 0.412 e. The van der Waals surface area contributed by atoms with Gasteiger partial charge in [0.1, 0.15) is 17.8 Å². The molecule has 0 aromatic carbocycles. The van der Waals surface area contributed by atoms with E-state index in [1.54, 1.807) is 32.9 Å². The van der Waals surface area contributed by atoms with Crippen molar-refractivity contribution >= 4 is 18.0 Å². The van der Waals surface area contributed by atoms with Crippen molar-refractivity contribution in [1.82, 2.24) is 10.2 Å². The van der Waals surface area contributed by atoms with E-state index in [0.717, 1.165) is 4.90 Å². The topological polar surface area (TPSA) is 95.9 Å². The van der Waals surface area contributed by atoms with Crippen molar-refractivity contribution in [3.8, 4) is 0 Å². The average molecular weight is 282 g/mol. The van der Waals surface area contributed by atoms with Crippen LogP contribution in [0.25, 0.3) is 0 Å². The summed E-state index contributed by atoms with van der Waals surface area (Å²) in [7, 11) is 0. The summed E-state index contributed by atoms with van der Waals surface area (Å²) in [5.74, 6) is -1.69. The minimum absolute atomic E-state index is 0.0192. The predicted octanol–water partition coefficient (Wildman–Crippen LogP) is 0.878. The van der Waals surface area contributed by atoms with Gasteiger partial charge in [0.25, 0.3) is 5.91 Å². The number of carboxylic acid groups (broad SMARTS) is 1. The van der Waals surface area contributed by atoms with E-state index in [-0.39, 0.29) is 12.2 Å². The van der Waals surface area contributed by atoms with E-state index in [2.05, 4.69) is 5.32 Å². The fourth-order valence-electron chi connectivity index (χ4n) is 1.49. The molecule has 0 unspecified atom stereocenters. The zero-order valence-electron chi connectivity index (χ0n) is 11.7. The first-order chi connectivity index (χ1) is 9.19. The van der Waals surface area contributed by atoms with Crippen LogP contribution in [0.5, 0.6) is 0 Å². The van der Waals surface area contributed by atoms with Gasteiger partial charge in [-0.2, -0.15) is 0 Å². The molecule has 0 bridgehead atoms. The lowest BCUT2D eigenvalue weighted by Crippen LogP contribution is -2.41. The van der Waals surface area contributed by atoms with Crippen LogP contribution in [0.3, 0.4) is 0 Å². The Bertz CT molecular complexity index is 474. The molecular weight excluding hydrogens is 264 g/mol. The SMILES string of the molecule is CC(C)(C)OC(=O)NC1=CC=CCN(CC(=O)O)C1=O. The number of rotatable bonds is 3. The second kappa shape index (κ2) is 6.23. The number of hydrogen-bond acceptors (Lipinski definition) is 4. The molecule has 0 radical (unpaired) electrons. The Morgan fingerprint density at radius 3 is 2.65 bits per heavy atom. The molecule has 0 spiro atoms. The van der Waals surface area contributed by atoms with Crippen LogP contribution >= 0.6 is 0 Å². The van der Waals surface area contributed by atoms with Crippen LogP contribution in [-0.4, -0.2) is 46.7 Å². The van der Waals surface area contributed by atoms with E-state index in [1.807, 2.05) is 0 Å². The van der Waals surface area contributed by atoms with Crippen molar-refractivity contribution in [3.05, 3.63) is 23.9 Å². The fraction of sp³-hybridized carbons (Fsp3) is 0.462. The Labute approximate surface area is 116 Å². The summed E-state index contributed by atoms with van der Waals surface area (Å²) < 4.78 is 5.04. The van der Waals surface area contributed by atoms with Gasteiger partial charge in [-0.25, -0.2) is 4.79 Å². The van der Waals surface area contributed by atoms with Crippen LogP contribution in [0, 0.1) is 0 Å². The second-order valence-electron chi connectivity index (χ2n) is 5.21. The third-order valence-electron chi connectivity index (χ3n) is 2.20. The third kappa shape index (κ3) is 5.13. The summed E-state index contributed by atoms with van der Waals surface area (Å²) in [5, 5.41) is 11.1. The first-order valence-electron chi connectivity index (χ1n) is 6.07. The second-order valence-corrected chi connectivity index (χ2v) is 5.21. The molecule has 0 saturated heterocycles. The molecule has 1 aliphatic heterocycles. The van der Waals surface area contributed by atoms with Crippen LogP contribution in [0.1, 0.15) is 20.8 Å². The van der Waals surface area contributed by atoms with Gasteiger partial charge in [0.05, 0.1) is 0 Å². The highest BCUT2D eigenvalue weighted by molar-refractivity contribution is 5.98. The zero-order chi connectivity index (χ0) is 15.3. The van der Waals surface area contributed by atoms with Crippen molar-refractivity contribution in [2.24, 2.45) is 0 Å². The highest BCUT2D eigenvalue weighted by atomic mass is 16.6. The van der Waals surface area contributed by atoms with E-state index >= 15 is 0 Å². The van der Waals surface area contributed by atoms with E-state index in [0.29, 0.717) is 0 Å². The summed E-state index contributed by atoms with van der Waals surface area (Å²) >= 11 is 0. The average Bonchev–Trinajstić information content (AvgIpc) is 2.41. The number of aliphatic carboxylic acids is 1. The molecule has 2 N–H and O–H groups in total. The molecule has 0 saturated carbocycles. The standard InChI is InChI=1S/C13H18N2O5/c1-13(2,3)20-12(19)14-9-6-4-5-7-15(11(9)18)8-10(16)17/h4-6H,7-8H2,1-3H3,(H,14,19)(H,16,17). The van der Waals surface area contributed by atoms with Crippen LogP contribution in [0.15, 0.2) is 23.9 Å². The summed E-state index contributed by atoms with van der Waals surface area (Å²) in [4.78, 5) is 35.5. The molecule has 0 aromatic heterocycles. The summed E-state index contributed by atoms with van der Waals surface area (Å²) in [6, 6.07) is 0. The number of nitrogens with one attached hydrogen (secondary N) is 1. The Kier molecular flexibility index (Phi) is 4.90. The molecule has 0 aromatic rings. The van der Waals surface area contributed by atoms with Crippen molar-refractivity contribution < 1.29 is 24.2 Å². The van der Waals surface area contributed by atoms with Gasteiger partial charge in [0.2, 0.25) is 0 Å². The smallest absolute Gasteiger partial charge is 0.412 e. The molecular formula is C13H18N2O5. The third-order valence-corrected chi connectivity index (χ3v) is 2.20. The monoisotopic (exact) mass is 282 g/mol. The predicted molar refractivity (Wildman–Crippen MR) is 70.8 cm³/mol. The molecule has 7 nitrogen and oxygen atoms in total. The highest BCUT2D eigenvalue weighted by Crippen LogP contribution is 2.09.